The fraction of sp³-hybridized carbons (Fsp3) is 0.316. The highest BCUT2D eigenvalue weighted by atomic mass is 16.3. The first-order valence-corrected chi connectivity index (χ1v) is 31.1. The molecule has 3 aliphatic heterocycles. The molecule has 1 aliphatic carbocycles. The van der Waals surface area contributed by atoms with E-state index in [4.69, 9.17) is 4.42 Å². The highest BCUT2D eigenvalue weighted by molar-refractivity contribution is 7.00. The Morgan fingerprint density at radius 1 is 0.452 bits per heavy atom. The number of hydrogen-bond donors (Lipinski definition) is 0. The van der Waals surface area contributed by atoms with Crippen molar-refractivity contribution in [1.29, 1.82) is 0 Å². The third kappa shape index (κ3) is 8.36. The molecule has 4 nitrogen and oxygen atoms in total. The second-order valence-electron chi connectivity index (χ2n) is 29.7. The summed E-state index contributed by atoms with van der Waals surface area (Å²) in [5.41, 5.74) is 25.9. The van der Waals surface area contributed by atoms with Crippen molar-refractivity contribution < 1.29 is 4.42 Å². The number of nitrogens with zero attached hydrogens (tertiary/aromatic N) is 3. The molecule has 10 aromatic rings. The molecule has 4 aliphatic rings. The SMILES string of the molecule is CC(C)(C)c1ccc(C(c2ccc(C(C)(C)C)cc2)c2ccc3c(c2)B2c4cccc5c4N(c4cc(N(c6ccc(C(C)(C)C)cc6)c6ccc(C(C)(C)C)cc6)cc(c42)N3c2cccc3c2oc2ccccc23)C2(C)CCCCC52C)cc1. The summed E-state index contributed by atoms with van der Waals surface area (Å²) in [5.74, 6) is -0.0148. The molecule has 5 heteroatoms. The summed E-state index contributed by atoms with van der Waals surface area (Å²) in [6, 6.07) is 73.2. The molecule has 0 N–H and O–H groups in total. The van der Waals surface area contributed by atoms with E-state index in [1.54, 1.807) is 0 Å². The number of para-hydroxylation sites is 3. The predicted molar refractivity (Wildman–Crippen MR) is 359 cm³/mol. The Balaban J connectivity index is 1.09. The van der Waals surface area contributed by atoms with Crippen LogP contribution in [0.3, 0.4) is 0 Å². The molecule has 9 aromatic carbocycles. The molecule has 2 atom stereocenters. The third-order valence-corrected chi connectivity index (χ3v) is 20.4. The molecule has 1 saturated carbocycles. The van der Waals surface area contributed by atoms with Crippen LogP contribution in [0.4, 0.5) is 45.5 Å². The van der Waals surface area contributed by atoms with Crippen LogP contribution in [0.2, 0.25) is 0 Å². The van der Waals surface area contributed by atoms with Crippen LogP contribution in [0.25, 0.3) is 21.9 Å². The minimum absolute atomic E-state index is 0.00484. The predicted octanol–water partition coefficient (Wildman–Crippen LogP) is 19.8. The normalized spacial score (nSPS) is 18.3. The number of rotatable bonds is 7. The van der Waals surface area contributed by atoms with Crippen LogP contribution in [-0.2, 0) is 27.1 Å². The molecule has 0 spiro atoms. The van der Waals surface area contributed by atoms with Crippen molar-refractivity contribution in [2.45, 2.75) is 161 Å². The lowest BCUT2D eigenvalue weighted by atomic mass is 9.33. The molecule has 0 radical (unpaired) electrons. The molecule has 1 aromatic heterocycles. The van der Waals surface area contributed by atoms with Crippen molar-refractivity contribution in [1.82, 2.24) is 0 Å². The van der Waals surface area contributed by atoms with Gasteiger partial charge in [-0.3, -0.25) is 0 Å². The van der Waals surface area contributed by atoms with E-state index in [9.17, 15) is 0 Å². The van der Waals surface area contributed by atoms with Crippen molar-refractivity contribution in [3.63, 3.8) is 0 Å². The largest absolute Gasteiger partial charge is 0.454 e. The molecule has 2 unspecified atom stereocenters. The first-order chi connectivity index (χ1) is 39.9. The van der Waals surface area contributed by atoms with Crippen LogP contribution in [0, 0.1) is 0 Å². The average molecular weight is 1100 g/mol. The van der Waals surface area contributed by atoms with Crippen LogP contribution < -0.4 is 31.1 Å². The van der Waals surface area contributed by atoms with E-state index in [2.05, 4.69) is 300 Å². The van der Waals surface area contributed by atoms with Gasteiger partial charge in [0.25, 0.3) is 6.71 Å². The number of hydrogen-bond acceptors (Lipinski definition) is 4. The van der Waals surface area contributed by atoms with Gasteiger partial charge in [-0.15, -0.1) is 0 Å². The van der Waals surface area contributed by atoms with Crippen molar-refractivity contribution in [3.05, 3.63) is 233 Å². The van der Waals surface area contributed by atoms with Crippen LogP contribution in [0.15, 0.2) is 192 Å². The molecule has 4 heterocycles. The topological polar surface area (TPSA) is 22.9 Å². The van der Waals surface area contributed by atoms with Crippen molar-refractivity contribution in [2.24, 2.45) is 0 Å². The quantitative estimate of drug-likeness (QED) is 0.117. The van der Waals surface area contributed by atoms with Crippen LogP contribution in [0.1, 0.15) is 173 Å². The number of fused-ring (bicyclic) bond motifs is 10. The third-order valence-electron chi connectivity index (χ3n) is 20.4. The van der Waals surface area contributed by atoms with E-state index in [1.165, 1.54) is 96.5 Å². The van der Waals surface area contributed by atoms with Gasteiger partial charge in [0.05, 0.1) is 16.9 Å². The minimum atomic E-state index is -0.177. The Morgan fingerprint density at radius 2 is 0.964 bits per heavy atom. The summed E-state index contributed by atoms with van der Waals surface area (Å²) in [7, 11) is 0. The minimum Gasteiger partial charge on any atom is -0.454 e. The Labute approximate surface area is 500 Å². The smallest absolute Gasteiger partial charge is 0.252 e. The van der Waals surface area contributed by atoms with E-state index < -0.39 is 0 Å². The molecule has 0 saturated heterocycles. The van der Waals surface area contributed by atoms with E-state index in [-0.39, 0.29) is 45.2 Å². The highest BCUT2D eigenvalue weighted by Crippen LogP contribution is 2.62. The molecule has 0 amide bonds. The van der Waals surface area contributed by atoms with Gasteiger partial charge >= 0.3 is 0 Å². The monoisotopic (exact) mass is 1100 g/mol. The molecule has 14 rings (SSSR count). The number of anilines is 8. The zero-order valence-corrected chi connectivity index (χ0v) is 52.1. The molecule has 1 fully saturated rings. The maximum absolute atomic E-state index is 7.15. The van der Waals surface area contributed by atoms with Gasteiger partial charge in [0, 0.05) is 56.2 Å². The van der Waals surface area contributed by atoms with E-state index in [0.717, 1.165) is 57.5 Å². The lowest BCUT2D eigenvalue weighted by Crippen LogP contribution is -2.64. The summed E-state index contributed by atoms with van der Waals surface area (Å²) in [5, 5.41) is 2.24. The maximum atomic E-state index is 7.15. The Hall–Kier alpha value is -7.76. The molecular weight excluding hydrogens is 1020 g/mol. The van der Waals surface area contributed by atoms with E-state index >= 15 is 0 Å². The van der Waals surface area contributed by atoms with Gasteiger partial charge in [0.1, 0.15) is 5.58 Å². The second-order valence-corrected chi connectivity index (χ2v) is 29.7. The van der Waals surface area contributed by atoms with Crippen molar-refractivity contribution in [3.8, 4) is 0 Å². The molecular formula is C79H82BN3O. The molecule has 422 valence electrons. The van der Waals surface area contributed by atoms with Gasteiger partial charge in [-0.1, -0.05) is 236 Å². The van der Waals surface area contributed by atoms with Crippen LogP contribution in [-0.4, -0.2) is 12.3 Å². The summed E-state index contributed by atoms with van der Waals surface area (Å²) in [6.07, 6.45) is 4.69. The van der Waals surface area contributed by atoms with Gasteiger partial charge in [-0.05, 0) is 157 Å². The van der Waals surface area contributed by atoms with Gasteiger partial charge in [0.15, 0.2) is 5.58 Å². The zero-order valence-electron chi connectivity index (χ0n) is 52.1. The first-order valence-electron chi connectivity index (χ1n) is 31.1. The van der Waals surface area contributed by atoms with Gasteiger partial charge in [-0.2, -0.15) is 0 Å². The summed E-state index contributed by atoms with van der Waals surface area (Å²) >= 11 is 0. The Kier molecular flexibility index (Phi) is 12.2. The van der Waals surface area contributed by atoms with E-state index in [1.807, 2.05) is 0 Å². The number of benzene rings is 9. The van der Waals surface area contributed by atoms with Gasteiger partial charge in [-0.25, -0.2) is 0 Å². The highest BCUT2D eigenvalue weighted by Gasteiger charge is 2.61. The summed E-state index contributed by atoms with van der Waals surface area (Å²) in [6.45, 7) is 32.9. The maximum Gasteiger partial charge on any atom is 0.252 e. The first kappa shape index (κ1) is 54.2. The fourth-order valence-corrected chi connectivity index (χ4v) is 15.4. The van der Waals surface area contributed by atoms with Crippen LogP contribution >= 0.6 is 0 Å². The van der Waals surface area contributed by atoms with Crippen molar-refractivity contribution in [2.75, 3.05) is 14.7 Å². The van der Waals surface area contributed by atoms with Gasteiger partial charge in [0.2, 0.25) is 0 Å². The summed E-state index contributed by atoms with van der Waals surface area (Å²) in [4.78, 5) is 8.01. The zero-order chi connectivity index (χ0) is 58.6. The Bertz CT molecular complexity index is 4100. The standard InChI is InChI=1S/C79H82BN3O/c1-74(2,3)53-32-27-50(28-33-53)70(51-29-34-54(35-30-51)75(4,5)6)52-31-44-65-64(47-52)80-63-24-20-23-62-72(63)83(79(14)46-18-17-45-78(62,79)13)68-49-59(48-67(71(68)80)82(65)66-25-19-22-61-60-21-15-16-26-69(60)84-73(61)66)81(57-40-36-55(37-41-57)76(7,8)9)58-42-38-56(39-43-58)77(10,11)12/h15-16,19-44,47-49,70H,17-18,45-46H2,1-14H3. The summed E-state index contributed by atoms with van der Waals surface area (Å²) < 4.78 is 7.15. The second kappa shape index (κ2) is 18.9. The number of furan rings is 1. The lowest BCUT2D eigenvalue weighted by Gasteiger charge is -2.53. The molecule has 84 heavy (non-hydrogen) atoms. The molecule has 0 bridgehead atoms. The average Bonchev–Trinajstić information content (AvgIpc) is 1.44. The Morgan fingerprint density at radius 3 is 1.55 bits per heavy atom. The van der Waals surface area contributed by atoms with Crippen LogP contribution in [0.5, 0.6) is 0 Å². The van der Waals surface area contributed by atoms with Crippen molar-refractivity contribution >= 4 is 90.5 Å². The van der Waals surface area contributed by atoms with E-state index in [0.29, 0.717) is 0 Å². The van der Waals surface area contributed by atoms with Gasteiger partial charge < -0.3 is 19.1 Å². The fourth-order valence-electron chi connectivity index (χ4n) is 15.4. The lowest BCUT2D eigenvalue weighted by molar-refractivity contribution is 0.195.